The van der Waals surface area contributed by atoms with Crippen molar-refractivity contribution in [3.8, 4) is 0 Å². The molecule has 0 radical (unpaired) electrons. The zero-order chi connectivity index (χ0) is 21.5. The molecule has 0 fully saturated rings. The maximum Gasteiger partial charge on any atom is 0.291 e. The lowest BCUT2D eigenvalue weighted by Gasteiger charge is -2.09. The zero-order valence-corrected chi connectivity index (χ0v) is 17.6. The predicted octanol–water partition coefficient (Wildman–Crippen LogP) is 5.37. The second-order valence-electron chi connectivity index (χ2n) is 5.95. The molecule has 0 bridgehead atoms. The summed E-state index contributed by atoms with van der Waals surface area (Å²) in [6, 6.07) is 15.0. The lowest BCUT2D eigenvalue weighted by atomic mass is 10.2. The number of thiocarbonyl (C=S) groups is 1. The standard InChI is InChI=1S/C21H15Cl2N3O3S/c22-14-5-3-13(17(23)12-14)4-10-19(27)26-21(30)25-16-8-6-15(7-9-16)24-20(28)18-2-1-11-29-18/h1-12H,(H,24,28)(H2,25,26,27,30)/b10-4+. The number of carbonyl (C=O) groups excluding carboxylic acids is 2. The average molecular weight is 460 g/mol. The molecule has 3 rings (SSSR count). The molecule has 0 saturated carbocycles. The summed E-state index contributed by atoms with van der Waals surface area (Å²) in [4.78, 5) is 24.0. The summed E-state index contributed by atoms with van der Waals surface area (Å²) < 4.78 is 5.04. The topological polar surface area (TPSA) is 83.4 Å². The Morgan fingerprint density at radius 1 is 0.967 bits per heavy atom. The van der Waals surface area contributed by atoms with Crippen LogP contribution in [0.3, 0.4) is 0 Å². The number of rotatable bonds is 5. The zero-order valence-electron chi connectivity index (χ0n) is 15.3. The van der Waals surface area contributed by atoms with Crippen LogP contribution >= 0.6 is 35.4 Å². The van der Waals surface area contributed by atoms with Gasteiger partial charge in [0, 0.05) is 27.5 Å². The second-order valence-corrected chi connectivity index (χ2v) is 7.20. The van der Waals surface area contributed by atoms with E-state index >= 15 is 0 Å². The minimum atomic E-state index is -0.416. The molecule has 0 unspecified atom stereocenters. The van der Waals surface area contributed by atoms with Crippen LogP contribution in [0.4, 0.5) is 11.4 Å². The van der Waals surface area contributed by atoms with E-state index in [1.165, 1.54) is 12.3 Å². The molecule has 3 N–H and O–H groups in total. The SMILES string of the molecule is O=C(/C=C/c1ccc(Cl)cc1Cl)NC(=S)Nc1ccc(NC(=O)c2ccco2)cc1. The molecule has 0 atom stereocenters. The van der Waals surface area contributed by atoms with Crippen molar-refractivity contribution in [1.29, 1.82) is 0 Å². The third-order valence-corrected chi connectivity index (χ3v) is 4.53. The normalized spacial score (nSPS) is 10.6. The van der Waals surface area contributed by atoms with Gasteiger partial charge in [-0.3, -0.25) is 14.9 Å². The summed E-state index contributed by atoms with van der Waals surface area (Å²) in [5.74, 6) is -0.550. The highest BCUT2D eigenvalue weighted by molar-refractivity contribution is 7.80. The average Bonchev–Trinajstić information content (AvgIpc) is 3.24. The van der Waals surface area contributed by atoms with Gasteiger partial charge in [-0.05, 0) is 72.4 Å². The highest BCUT2D eigenvalue weighted by Crippen LogP contribution is 2.22. The number of nitrogens with one attached hydrogen (secondary N) is 3. The molecular weight excluding hydrogens is 445 g/mol. The summed E-state index contributed by atoms with van der Waals surface area (Å²) in [7, 11) is 0. The molecular formula is C21H15Cl2N3O3S. The maximum absolute atomic E-state index is 12.0. The van der Waals surface area contributed by atoms with Crippen LogP contribution in [0.25, 0.3) is 6.08 Å². The fourth-order valence-electron chi connectivity index (χ4n) is 2.36. The summed E-state index contributed by atoms with van der Waals surface area (Å²) >= 11 is 17.0. The molecule has 30 heavy (non-hydrogen) atoms. The lowest BCUT2D eigenvalue weighted by molar-refractivity contribution is -0.115. The van der Waals surface area contributed by atoms with Crippen molar-refractivity contribution in [2.75, 3.05) is 10.6 Å². The Kier molecular flexibility index (Phi) is 7.24. The van der Waals surface area contributed by atoms with Gasteiger partial charge in [-0.15, -0.1) is 0 Å². The van der Waals surface area contributed by atoms with Crippen molar-refractivity contribution in [1.82, 2.24) is 5.32 Å². The molecule has 1 heterocycles. The number of furan rings is 1. The van der Waals surface area contributed by atoms with Crippen molar-refractivity contribution in [2.45, 2.75) is 0 Å². The Morgan fingerprint density at radius 2 is 1.67 bits per heavy atom. The maximum atomic E-state index is 12.0. The van der Waals surface area contributed by atoms with E-state index in [9.17, 15) is 9.59 Å². The van der Waals surface area contributed by atoms with Crippen molar-refractivity contribution >= 4 is 69.8 Å². The molecule has 3 aromatic rings. The number of hydrogen-bond donors (Lipinski definition) is 3. The van der Waals surface area contributed by atoms with E-state index in [0.29, 0.717) is 27.0 Å². The Labute approximate surface area is 187 Å². The molecule has 9 heteroatoms. The van der Waals surface area contributed by atoms with Crippen molar-refractivity contribution in [3.05, 3.63) is 88.3 Å². The first-order valence-electron chi connectivity index (χ1n) is 8.61. The van der Waals surface area contributed by atoms with Gasteiger partial charge in [-0.2, -0.15) is 0 Å². The quantitative estimate of drug-likeness (QED) is 0.353. The van der Waals surface area contributed by atoms with E-state index in [0.717, 1.165) is 0 Å². The van der Waals surface area contributed by atoms with Crippen LogP contribution in [-0.2, 0) is 4.79 Å². The molecule has 2 aromatic carbocycles. The number of hydrogen-bond acceptors (Lipinski definition) is 4. The fourth-order valence-corrected chi connectivity index (χ4v) is 3.05. The summed E-state index contributed by atoms with van der Waals surface area (Å²) in [6.07, 6.45) is 4.31. The molecule has 0 saturated heterocycles. The van der Waals surface area contributed by atoms with E-state index in [1.807, 2.05) is 0 Å². The molecule has 152 valence electrons. The first-order chi connectivity index (χ1) is 14.4. The van der Waals surface area contributed by atoms with Gasteiger partial charge in [0.1, 0.15) is 0 Å². The van der Waals surface area contributed by atoms with Crippen molar-refractivity contribution < 1.29 is 14.0 Å². The van der Waals surface area contributed by atoms with Crippen LogP contribution in [0.2, 0.25) is 10.0 Å². The van der Waals surface area contributed by atoms with E-state index in [1.54, 1.807) is 60.7 Å². The first-order valence-corrected chi connectivity index (χ1v) is 9.77. The molecule has 1 aromatic heterocycles. The number of carbonyl (C=O) groups is 2. The molecule has 0 aliphatic rings. The largest absolute Gasteiger partial charge is 0.459 e. The molecule has 6 nitrogen and oxygen atoms in total. The third-order valence-electron chi connectivity index (χ3n) is 3.76. The van der Waals surface area contributed by atoms with E-state index < -0.39 is 5.91 Å². The number of halogens is 2. The molecule has 0 spiro atoms. The summed E-state index contributed by atoms with van der Waals surface area (Å²) in [6.45, 7) is 0. The molecule has 0 aliphatic carbocycles. The van der Waals surface area contributed by atoms with Gasteiger partial charge in [-0.25, -0.2) is 0 Å². The van der Waals surface area contributed by atoms with Crippen LogP contribution in [-0.4, -0.2) is 16.9 Å². The summed E-state index contributed by atoms with van der Waals surface area (Å²) in [5.41, 5.74) is 1.88. The monoisotopic (exact) mass is 459 g/mol. The minimum absolute atomic E-state index is 0.124. The number of amides is 2. The van der Waals surface area contributed by atoms with Crippen molar-refractivity contribution in [3.63, 3.8) is 0 Å². The van der Waals surface area contributed by atoms with Crippen LogP contribution in [0.5, 0.6) is 0 Å². The Hall–Kier alpha value is -3.13. The van der Waals surface area contributed by atoms with Crippen LogP contribution in [0, 0.1) is 0 Å². The van der Waals surface area contributed by atoms with E-state index in [-0.39, 0.29) is 16.8 Å². The van der Waals surface area contributed by atoms with Crippen LogP contribution < -0.4 is 16.0 Å². The number of benzene rings is 2. The summed E-state index contributed by atoms with van der Waals surface area (Å²) in [5, 5.41) is 9.21. The van der Waals surface area contributed by atoms with Gasteiger partial charge < -0.3 is 15.1 Å². The van der Waals surface area contributed by atoms with Gasteiger partial charge in [0.25, 0.3) is 5.91 Å². The van der Waals surface area contributed by atoms with Gasteiger partial charge in [0.15, 0.2) is 10.9 Å². The molecule has 0 aliphatic heterocycles. The predicted molar refractivity (Wildman–Crippen MR) is 123 cm³/mol. The van der Waals surface area contributed by atoms with Gasteiger partial charge >= 0.3 is 0 Å². The van der Waals surface area contributed by atoms with Gasteiger partial charge in [-0.1, -0.05) is 29.3 Å². The lowest BCUT2D eigenvalue weighted by Crippen LogP contribution is -2.32. The van der Waals surface area contributed by atoms with Crippen molar-refractivity contribution in [2.24, 2.45) is 0 Å². The Balaban J connectivity index is 1.51. The van der Waals surface area contributed by atoms with E-state index in [4.69, 9.17) is 39.8 Å². The third kappa shape index (κ3) is 6.18. The molecule has 2 amide bonds. The van der Waals surface area contributed by atoms with Crippen LogP contribution in [0.15, 0.2) is 71.4 Å². The second kappa shape index (κ2) is 10.1. The first kappa shape index (κ1) is 21.6. The highest BCUT2D eigenvalue weighted by atomic mass is 35.5. The highest BCUT2D eigenvalue weighted by Gasteiger charge is 2.09. The Bertz CT molecular complexity index is 1100. The number of anilines is 2. The Morgan fingerprint density at radius 3 is 2.30 bits per heavy atom. The minimum Gasteiger partial charge on any atom is -0.459 e. The van der Waals surface area contributed by atoms with Gasteiger partial charge in [0.05, 0.1) is 6.26 Å². The fraction of sp³-hybridized carbons (Fsp3) is 0. The van der Waals surface area contributed by atoms with Gasteiger partial charge in [0.2, 0.25) is 5.91 Å². The smallest absolute Gasteiger partial charge is 0.291 e. The van der Waals surface area contributed by atoms with Crippen LogP contribution in [0.1, 0.15) is 16.1 Å². The van der Waals surface area contributed by atoms with E-state index in [2.05, 4.69) is 16.0 Å².